The maximum absolute atomic E-state index is 11.7. The highest BCUT2D eigenvalue weighted by molar-refractivity contribution is 5.81. The summed E-state index contributed by atoms with van der Waals surface area (Å²) in [7, 11) is 0. The third-order valence-electron chi connectivity index (χ3n) is 2.16. The smallest absolute Gasteiger partial charge is 0.411 e. The van der Waals surface area contributed by atoms with E-state index in [0.717, 1.165) is 4.90 Å². The molecule has 0 unspecified atom stereocenters. The Morgan fingerprint density at radius 1 is 1.56 bits per heavy atom. The molecule has 1 rings (SSSR count). The van der Waals surface area contributed by atoms with Gasteiger partial charge in [-0.25, -0.2) is 9.59 Å². The molecule has 6 nitrogen and oxygen atoms in total. The molecule has 0 aliphatic carbocycles. The monoisotopic (exact) mass is 232 g/mol. The van der Waals surface area contributed by atoms with Crippen LogP contribution >= 0.6 is 0 Å². The van der Waals surface area contributed by atoms with Crippen molar-refractivity contribution >= 4 is 12.1 Å². The number of carboxylic acids is 1. The largest absolute Gasteiger partial charge is 0.480 e. The minimum absolute atomic E-state index is 0.00569. The van der Waals surface area contributed by atoms with E-state index in [1.807, 2.05) is 0 Å². The lowest BCUT2D eigenvalue weighted by Crippen LogP contribution is -2.43. The molecule has 16 heavy (non-hydrogen) atoms. The molecule has 0 saturated carbocycles. The van der Waals surface area contributed by atoms with Crippen molar-refractivity contribution in [3.8, 4) is 0 Å². The zero-order valence-electron chi connectivity index (χ0n) is 10.3. The second-order valence-corrected chi connectivity index (χ2v) is 4.52. The molecule has 0 bridgehead atoms. The Hall–Kier alpha value is -1.30. The summed E-state index contributed by atoms with van der Waals surface area (Å²) >= 11 is 0. The number of likely N-dealkylation sites (tertiary alicyclic amines) is 1. The number of aliphatic hydroxyl groups excluding tert-OH is 1. The molecule has 1 amide bonds. The Kier molecular flexibility index (Phi) is 3.00. The van der Waals surface area contributed by atoms with Crippen molar-refractivity contribution in [2.45, 2.75) is 44.9 Å². The van der Waals surface area contributed by atoms with Gasteiger partial charge < -0.3 is 14.9 Å². The minimum atomic E-state index is -1.16. The lowest BCUT2D eigenvalue weighted by molar-refractivity contribution is -0.142. The topological polar surface area (TPSA) is 87.1 Å². The van der Waals surface area contributed by atoms with Crippen LogP contribution in [0.3, 0.4) is 0 Å². The van der Waals surface area contributed by atoms with Crippen LogP contribution in [0.2, 0.25) is 0 Å². The van der Waals surface area contributed by atoms with Crippen LogP contribution in [-0.4, -0.2) is 51.5 Å². The first-order valence-corrected chi connectivity index (χ1v) is 4.96. The van der Waals surface area contributed by atoms with E-state index in [9.17, 15) is 14.7 Å². The summed E-state index contributed by atoms with van der Waals surface area (Å²) in [5, 5.41) is 18.3. The van der Waals surface area contributed by atoms with Crippen LogP contribution < -0.4 is 0 Å². The van der Waals surface area contributed by atoms with E-state index in [1.165, 1.54) is 0 Å². The van der Waals surface area contributed by atoms with E-state index in [4.69, 9.17) is 11.2 Å². The Labute approximate surface area is 95.2 Å². The van der Waals surface area contributed by atoms with Gasteiger partial charge in [-0.2, -0.15) is 0 Å². The first-order chi connectivity index (χ1) is 7.76. The SMILES string of the molecule is [2H]CC(C)(C)OC(=O)N1C[C@@H](O)C[C@H]1C(=O)O. The minimum Gasteiger partial charge on any atom is -0.480 e. The van der Waals surface area contributed by atoms with Crippen molar-refractivity contribution in [1.82, 2.24) is 4.90 Å². The van der Waals surface area contributed by atoms with Crippen molar-refractivity contribution in [2.75, 3.05) is 6.54 Å². The predicted molar refractivity (Wildman–Crippen MR) is 55.0 cm³/mol. The molecule has 0 aromatic heterocycles. The standard InChI is InChI=1S/C10H17NO5/c1-10(2,3)16-9(15)11-5-6(12)4-7(11)8(13)14/h6-7,12H,4-5H2,1-3H3,(H,13,14)/t6-,7-/m0/s1/i1D. The number of aliphatic carboxylic acids is 1. The molecule has 1 aliphatic heterocycles. The molecule has 0 aromatic carbocycles. The van der Waals surface area contributed by atoms with Gasteiger partial charge in [-0.05, 0) is 20.7 Å². The maximum atomic E-state index is 11.7. The van der Waals surface area contributed by atoms with E-state index < -0.39 is 29.8 Å². The molecule has 0 radical (unpaired) electrons. The van der Waals surface area contributed by atoms with Crippen molar-refractivity contribution in [3.05, 3.63) is 0 Å². The number of carboxylic acid groups (broad SMARTS) is 1. The van der Waals surface area contributed by atoms with Crippen LogP contribution in [0.4, 0.5) is 4.79 Å². The number of nitrogens with zero attached hydrogens (tertiary/aromatic N) is 1. The van der Waals surface area contributed by atoms with Gasteiger partial charge in [0.1, 0.15) is 11.6 Å². The molecular weight excluding hydrogens is 214 g/mol. The van der Waals surface area contributed by atoms with E-state index in [2.05, 4.69) is 0 Å². The van der Waals surface area contributed by atoms with E-state index in [0.29, 0.717) is 0 Å². The Morgan fingerprint density at radius 2 is 2.19 bits per heavy atom. The first-order valence-electron chi connectivity index (χ1n) is 5.67. The number of aliphatic hydroxyl groups is 1. The van der Waals surface area contributed by atoms with Gasteiger partial charge >= 0.3 is 12.1 Å². The third kappa shape index (κ3) is 3.10. The summed E-state index contributed by atoms with van der Waals surface area (Å²) < 4.78 is 12.2. The van der Waals surface area contributed by atoms with Gasteiger partial charge in [0, 0.05) is 7.79 Å². The van der Waals surface area contributed by atoms with Crippen molar-refractivity contribution in [1.29, 1.82) is 0 Å². The fourth-order valence-electron chi connectivity index (χ4n) is 1.54. The molecule has 1 fully saturated rings. The fourth-order valence-corrected chi connectivity index (χ4v) is 1.54. The summed E-state index contributed by atoms with van der Waals surface area (Å²) in [6.07, 6.45) is -1.64. The van der Waals surface area contributed by atoms with Gasteiger partial charge in [0.25, 0.3) is 0 Å². The first kappa shape index (κ1) is 11.2. The molecular formula is C10H17NO5. The van der Waals surface area contributed by atoms with Gasteiger partial charge in [-0.3, -0.25) is 4.90 Å². The number of hydrogen-bond acceptors (Lipinski definition) is 4. The van der Waals surface area contributed by atoms with Crippen LogP contribution in [-0.2, 0) is 9.53 Å². The number of ether oxygens (including phenoxy) is 1. The number of β-amino-alcohol motifs (C(OH)–C–C–N with tert-alkyl or cyclic N) is 1. The molecule has 2 N–H and O–H groups in total. The second kappa shape index (κ2) is 4.29. The molecule has 1 aliphatic rings. The molecule has 0 aromatic rings. The number of carbonyl (C=O) groups is 2. The molecule has 1 saturated heterocycles. The summed E-state index contributed by atoms with van der Waals surface area (Å²) in [5.74, 6) is -1.16. The van der Waals surface area contributed by atoms with Crippen molar-refractivity contribution in [2.24, 2.45) is 0 Å². The molecule has 92 valence electrons. The Morgan fingerprint density at radius 3 is 2.69 bits per heavy atom. The van der Waals surface area contributed by atoms with E-state index in [1.54, 1.807) is 13.8 Å². The zero-order valence-corrected chi connectivity index (χ0v) is 9.34. The lowest BCUT2D eigenvalue weighted by Gasteiger charge is -2.26. The molecule has 0 spiro atoms. The summed E-state index contributed by atoms with van der Waals surface area (Å²) in [5.41, 5.74) is -0.965. The van der Waals surface area contributed by atoms with Crippen LogP contribution in [0.15, 0.2) is 0 Å². The average Bonchev–Trinajstić information content (AvgIpc) is 2.60. The van der Waals surface area contributed by atoms with Crippen LogP contribution in [0, 0.1) is 0 Å². The average molecular weight is 232 g/mol. The van der Waals surface area contributed by atoms with Gasteiger partial charge in [0.15, 0.2) is 0 Å². The highest BCUT2D eigenvalue weighted by Gasteiger charge is 2.40. The second-order valence-electron chi connectivity index (χ2n) is 4.52. The number of amides is 1. The van der Waals surface area contributed by atoms with Gasteiger partial charge in [-0.15, -0.1) is 0 Å². The zero-order chi connectivity index (χ0) is 13.2. The van der Waals surface area contributed by atoms with Crippen molar-refractivity contribution in [3.63, 3.8) is 0 Å². The van der Waals surface area contributed by atoms with Gasteiger partial charge in [-0.1, -0.05) is 0 Å². The fraction of sp³-hybridized carbons (Fsp3) is 0.800. The van der Waals surface area contributed by atoms with Crippen LogP contribution in [0.5, 0.6) is 0 Å². The molecule has 2 atom stereocenters. The number of rotatable bonds is 1. The van der Waals surface area contributed by atoms with Gasteiger partial charge in [0.2, 0.25) is 0 Å². The summed E-state index contributed by atoms with van der Waals surface area (Å²) in [6, 6.07) is -1.06. The van der Waals surface area contributed by atoms with E-state index >= 15 is 0 Å². The van der Waals surface area contributed by atoms with Crippen LogP contribution in [0.1, 0.15) is 28.5 Å². The highest BCUT2D eigenvalue weighted by Crippen LogP contribution is 2.21. The summed E-state index contributed by atoms with van der Waals surface area (Å²) in [6.45, 7) is 2.97. The summed E-state index contributed by atoms with van der Waals surface area (Å²) in [4.78, 5) is 23.6. The highest BCUT2D eigenvalue weighted by atomic mass is 16.6. The predicted octanol–water partition coefficient (Wildman–Crippen LogP) is 0.441. The number of carbonyl (C=O) groups excluding carboxylic acids is 1. The normalized spacial score (nSPS) is 26.4. The molecule has 1 heterocycles. The third-order valence-corrected chi connectivity index (χ3v) is 2.16. The lowest BCUT2D eigenvalue weighted by atomic mass is 10.2. The van der Waals surface area contributed by atoms with Crippen LogP contribution in [0.25, 0.3) is 0 Å². The Bertz CT molecular complexity index is 320. The van der Waals surface area contributed by atoms with Crippen molar-refractivity contribution < 1.29 is 25.9 Å². The Balaban J connectivity index is 2.71. The van der Waals surface area contributed by atoms with E-state index in [-0.39, 0.29) is 19.9 Å². The van der Waals surface area contributed by atoms with Gasteiger partial charge in [0.05, 0.1) is 12.6 Å². The molecule has 6 heteroatoms. The maximum Gasteiger partial charge on any atom is 0.411 e. The number of hydrogen-bond donors (Lipinski definition) is 2. The quantitative estimate of drug-likeness (QED) is 0.685.